The number of piperidine rings is 1. The summed E-state index contributed by atoms with van der Waals surface area (Å²) in [7, 11) is 1.62. The van der Waals surface area contributed by atoms with Crippen molar-refractivity contribution < 1.29 is 23.7 Å². The summed E-state index contributed by atoms with van der Waals surface area (Å²) in [6, 6.07) is -0.0959. The predicted molar refractivity (Wildman–Crippen MR) is 78.0 cm³/mol. The molecule has 1 amide bonds. The van der Waals surface area contributed by atoms with E-state index in [0.717, 1.165) is 12.8 Å². The van der Waals surface area contributed by atoms with Gasteiger partial charge in [0.25, 0.3) is 0 Å². The fourth-order valence-corrected chi connectivity index (χ4v) is 2.10. The fourth-order valence-electron chi connectivity index (χ4n) is 2.10. The Morgan fingerprint density at radius 3 is 2.81 bits per heavy atom. The van der Waals surface area contributed by atoms with Crippen LogP contribution in [0, 0.1) is 0 Å². The van der Waals surface area contributed by atoms with Gasteiger partial charge in [-0.1, -0.05) is 13.3 Å². The third-order valence-electron chi connectivity index (χ3n) is 3.25. The van der Waals surface area contributed by atoms with Crippen LogP contribution >= 0.6 is 0 Å². The first-order valence-corrected chi connectivity index (χ1v) is 7.53. The second-order valence-corrected chi connectivity index (χ2v) is 5.18. The van der Waals surface area contributed by atoms with Crippen LogP contribution < -0.4 is 5.73 Å². The monoisotopic (exact) mass is 304 g/mol. The molecule has 0 bridgehead atoms. The average Bonchev–Trinajstić information content (AvgIpc) is 2.46. The van der Waals surface area contributed by atoms with Gasteiger partial charge in [-0.25, -0.2) is 4.79 Å². The molecule has 2 unspecified atom stereocenters. The molecule has 1 fully saturated rings. The molecule has 2 atom stereocenters. The van der Waals surface area contributed by atoms with Crippen LogP contribution in [0.15, 0.2) is 0 Å². The number of likely N-dealkylation sites (tertiary alicyclic amines) is 1. The van der Waals surface area contributed by atoms with E-state index >= 15 is 0 Å². The molecule has 2 N–H and O–H groups in total. The number of amides is 1. The third-order valence-corrected chi connectivity index (χ3v) is 3.25. The summed E-state index contributed by atoms with van der Waals surface area (Å²) in [5, 5.41) is 0. The van der Waals surface area contributed by atoms with Crippen LogP contribution in [0.3, 0.4) is 0 Å². The summed E-state index contributed by atoms with van der Waals surface area (Å²) in [6.07, 6.45) is 2.16. The number of nitrogens with two attached hydrogens (primary N) is 1. The van der Waals surface area contributed by atoms with Crippen molar-refractivity contribution in [2.45, 2.75) is 38.3 Å². The van der Waals surface area contributed by atoms with E-state index in [9.17, 15) is 4.79 Å². The molecule has 0 aromatic heterocycles. The zero-order valence-electron chi connectivity index (χ0n) is 13.1. The summed E-state index contributed by atoms with van der Waals surface area (Å²) in [4.78, 5) is 13.5. The van der Waals surface area contributed by atoms with Gasteiger partial charge in [-0.05, 0) is 12.8 Å². The van der Waals surface area contributed by atoms with Gasteiger partial charge in [0.2, 0.25) is 0 Å². The van der Waals surface area contributed by atoms with Crippen molar-refractivity contribution in [2.75, 3.05) is 46.8 Å². The number of carbonyl (C=O) groups excluding carboxylic acids is 1. The van der Waals surface area contributed by atoms with Crippen molar-refractivity contribution >= 4 is 6.09 Å². The molecule has 1 heterocycles. The molecule has 0 aromatic carbocycles. The smallest absolute Gasteiger partial charge is 0.409 e. The standard InChI is InChI=1S/C14H28N2O5/c1-3-4-5-20-14(17)16-9-12(15)8-13(10-16)21-11-19-7-6-18-2/h12-13H,3-11,15H2,1-2H3. The number of rotatable bonds is 9. The fraction of sp³-hybridized carbons (Fsp3) is 0.929. The number of unbranched alkanes of at least 4 members (excludes halogenated alkanes) is 1. The second kappa shape index (κ2) is 10.8. The average molecular weight is 304 g/mol. The van der Waals surface area contributed by atoms with Crippen molar-refractivity contribution in [3.63, 3.8) is 0 Å². The van der Waals surface area contributed by atoms with Crippen molar-refractivity contribution in [3.8, 4) is 0 Å². The Hall–Kier alpha value is -0.890. The Labute approximate surface area is 126 Å². The molecule has 1 saturated heterocycles. The zero-order chi connectivity index (χ0) is 15.5. The lowest BCUT2D eigenvalue weighted by molar-refractivity contribution is -0.113. The highest BCUT2D eigenvalue weighted by molar-refractivity contribution is 5.67. The SMILES string of the molecule is CCCCOC(=O)N1CC(N)CC(OCOCCOC)C1. The van der Waals surface area contributed by atoms with Crippen LogP contribution in [-0.4, -0.2) is 70.0 Å². The first-order chi connectivity index (χ1) is 10.2. The van der Waals surface area contributed by atoms with Gasteiger partial charge in [0.15, 0.2) is 0 Å². The normalized spacial score (nSPS) is 22.3. The van der Waals surface area contributed by atoms with Gasteiger partial charge < -0.3 is 29.6 Å². The van der Waals surface area contributed by atoms with E-state index in [4.69, 9.17) is 24.7 Å². The highest BCUT2D eigenvalue weighted by Gasteiger charge is 2.29. The van der Waals surface area contributed by atoms with E-state index in [-0.39, 0.29) is 25.0 Å². The number of methoxy groups -OCH3 is 1. The lowest BCUT2D eigenvalue weighted by atomic mass is 10.0. The Morgan fingerprint density at radius 2 is 2.10 bits per heavy atom. The van der Waals surface area contributed by atoms with Gasteiger partial charge in [-0.3, -0.25) is 0 Å². The highest BCUT2D eigenvalue weighted by atomic mass is 16.7. The predicted octanol–water partition coefficient (Wildman–Crippen LogP) is 0.962. The molecule has 0 saturated carbocycles. The van der Waals surface area contributed by atoms with Crippen molar-refractivity contribution in [3.05, 3.63) is 0 Å². The highest BCUT2D eigenvalue weighted by Crippen LogP contribution is 2.14. The van der Waals surface area contributed by atoms with Gasteiger partial charge in [0, 0.05) is 19.7 Å². The molecule has 0 spiro atoms. The Kier molecular flexibility index (Phi) is 9.32. The minimum absolute atomic E-state index is 0.0959. The maximum absolute atomic E-state index is 11.9. The summed E-state index contributed by atoms with van der Waals surface area (Å²) in [6.45, 7) is 4.70. The molecular weight excluding hydrogens is 276 g/mol. The molecule has 1 aliphatic heterocycles. The van der Waals surface area contributed by atoms with Gasteiger partial charge in [-0.2, -0.15) is 0 Å². The van der Waals surface area contributed by atoms with E-state index in [0.29, 0.717) is 39.3 Å². The van der Waals surface area contributed by atoms with Crippen LogP contribution in [0.5, 0.6) is 0 Å². The molecule has 0 aromatic rings. The maximum Gasteiger partial charge on any atom is 0.409 e. The van der Waals surface area contributed by atoms with E-state index in [1.165, 1.54) is 0 Å². The van der Waals surface area contributed by atoms with Gasteiger partial charge in [-0.15, -0.1) is 0 Å². The summed E-state index contributed by atoms with van der Waals surface area (Å²) >= 11 is 0. The van der Waals surface area contributed by atoms with E-state index in [2.05, 4.69) is 6.92 Å². The molecule has 7 heteroatoms. The number of ether oxygens (including phenoxy) is 4. The molecule has 21 heavy (non-hydrogen) atoms. The number of hydrogen-bond donors (Lipinski definition) is 1. The molecular formula is C14H28N2O5. The second-order valence-electron chi connectivity index (χ2n) is 5.18. The Morgan fingerprint density at radius 1 is 1.29 bits per heavy atom. The molecule has 1 aliphatic rings. The van der Waals surface area contributed by atoms with E-state index in [1.807, 2.05) is 0 Å². The van der Waals surface area contributed by atoms with Crippen LogP contribution in [0.25, 0.3) is 0 Å². The first-order valence-electron chi connectivity index (χ1n) is 7.53. The maximum atomic E-state index is 11.9. The lowest BCUT2D eigenvalue weighted by Gasteiger charge is -2.35. The van der Waals surface area contributed by atoms with Gasteiger partial charge in [0.1, 0.15) is 6.79 Å². The number of nitrogens with zero attached hydrogens (tertiary/aromatic N) is 1. The minimum Gasteiger partial charge on any atom is -0.449 e. The van der Waals surface area contributed by atoms with E-state index in [1.54, 1.807) is 12.0 Å². The molecule has 1 rings (SSSR count). The zero-order valence-corrected chi connectivity index (χ0v) is 13.1. The summed E-state index contributed by atoms with van der Waals surface area (Å²) in [5.74, 6) is 0. The van der Waals surface area contributed by atoms with Crippen molar-refractivity contribution in [2.24, 2.45) is 5.73 Å². The first kappa shape index (κ1) is 18.2. The van der Waals surface area contributed by atoms with Gasteiger partial charge >= 0.3 is 6.09 Å². The number of hydrogen-bond acceptors (Lipinski definition) is 6. The largest absolute Gasteiger partial charge is 0.449 e. The minimum atomic E-state index is -0.312. The summed E-state index contributed by atoms with van der Waals surface area (Å²) in [5.41, 5.74) is 5.97. The Balaban J connectivity index is 2.27. The van der Waals surface area contributed by atoms with Gasteiger partial charge in [0.05, 0.1) is 32.5 Å². The van der Waals surface area contributed by atoms with Crippen molar-refractivity contribution in [1.29, 1.82) is 0 Å². The number of carbonyl (C=O) groups is 1. The van der Waals surface area contributed by atoms with Crippen LogP contribution in [0.4, 0.5) is 4.79 Å². The molecule has 0 radical (unpaired) electrons. The van der Waals surface area contributed by atoms with Crippen molar-refractivity contribution in [1.82, 2.24) is 4.90 Å². The molecule has 7 nitrogen and oxygen atoms in total. The molecule has 0 aliphatic carbocycles. The van der Waals surface area contributed by atoms with Crippen LogP contribution in [-0.2, 0) is 18.9 Å². The summed E-state index contributed by atoms with van der Waals surface area (Å²) < 4.78 is 20.9. The van der Waals surface area contributed by atoms with Crippen LogP contribution in [0.1, 0.15) is 26.2 Å². The quantitative estimate of drug-likeness (QED) is 0.504. The van der Waals surface area contributed by atoms with E-state index < -0.39 is 0 Å². The Bertz CT molecular complexity index is 291. The third kappa shape index (κ3) is 7.61. The lowest BCUT2D eigenvalue weighted by Crippen LogP contribution is -2.52. The topological polar surface area (TPSA) is 83.3 Å². The van der Waals surface area contributed by atoms with Crippen LogP contribution in [0.2, 0.25) is 0 Å². The molecule has 124 valence electrons.